The highest BCUT2D eigenvalue weighted by Crippen LogP contribution is 2.44. The molecule has 2 saturated carbocycles. The largest absolute Gasteiger partial charge is 0.370 e. The van der Waals surface area contributed by atoms with E-state index in [4.69, 9.17) is 17.3 Å². The first-order valence-electron chi connectivity index (χ1n) is 7.18. The van der Waals surface area contributed by atoms with Gasteiger partial charge >= 0.3 is 0 Å². The van der Waals surface area contributed by atoms with Crippen molar-refractivity contribution in [1.29, 1.82) is 0 Å². The molecule has 1 aromatic carbocycles. The van der Waals surface area contributed by atoms with Gasteiger partial charge in [0.15, 0.2) is 5.96 Å². The number of benzene rings is 1. The number of nitrogens with one attached hydrogen (secondary N) is 1. The first kappa shape index (κ1) is 16.8. The van der Waals surface area contributed by atoms with Gasteiger partial charge in [0.2, 0.25) is 0 Å². The number of hydrogen-bond donors (Lipinski definition) is 2. The molecule has 0 aliphatic heterocycles. The Morgan fingerprint density at radius 2 is 2.05 bits per heavy atom. The van der Waals surface area contributed by atoms with Crippen molar-refractivity contribution >= 4 is 41.5 Å². The summed E-state index contributed by atoms with van der Waals surface area (Å²) in [6.45, 7) is 0. The summed E-state index contributed by atoms with van der Waals surface area (Å²) >= 11 is 5.69. The fraction of sp³-hybridized carbons (Fsp3) is 0.533. The fourth-order valence-corrected chi connectivity index (χ4v) is 3.04. The summed E-state index contributed by atoms with van der Waals surface area (Å²) in [5.74, 6) is 0.431. The summed E-state index contributed by atoms with van der Waals surface area (Å²) in [7, 11) is 0. The van der Waals surface area contributed by atoms with Gasteiger partial charge in [0, 0.05) is 12.0 Å². The number of hydrogen-bond acceptors (Lipinski definition) is 1. The molecule has 21 heavy (non-hydrogen) atoms. The Labute approximate surface area is 146 Å². The van der Waals surface area contributed by atoms with Crippen molar-refractivity contribution in [3.63, 3.8) is 0 Å². The van der Waals surface area contributed by atoms with Crippen LogP contribution in [0.4, 0.5) is 4.39 Å². The third-order valence-electron chi connectivity index (χ3n) is 4.14. The predicted octanol–water partition coefficient (Wildman–Crippen LogP) is 3.80. The minimum absolute atomic E-state index is 0. The van der Waals surface area contributed by atoms with Gasteiger partial charge in [-0.1, -0.05) is 30.5 Å². The summed E-state index contributed by atoms with van der Waals surface area (Å²) < 4.78 is 13.4. The molecule has 2 atom stereocenters. The number of rotatable bonds is 3. The van der Waals surface area contributed by atoms with Crippen LogP contribution in [0.25, 0.3) is 0 Å². The highest BCUT2D eigenvalue weighted by molar-refractivity contribution is 14.0. The van der Waals surface area contributed by atoms with Crippen molar-refractivity contribution in [2.24, 2.45) is 10.7 Å². The predicted molar refractivity (Wildman–Crippen MR) is 95.0 cm³/mol. The van der Waals surface area contributed by atoms with Crippen molar-refractivity contribution in [2.45, 2.75) is 50.1 Å². The molecule has 0 saturated heterocycles. The van der Waals surface area contributed by atoms with Crippen LogP contribution < -0.4 is 11.1 Å². The van der Waals surface area contributed by atoms with E-state index >= 15 is 0 Å². The average Bonchev–Trinajstić information content (AvgIpc) is 2.96. The molecule has 3 N–H and O–H groups in total. The minimum atomic E-state index is -0.365. The monoisotopic (exact) mass is 423 g/mol. The van der Waals surface area contributed by atoms with Crippen molar-refractivity contribution in [1.82, 2.24) is 5.32 Å². The van der Waals surface area contributed by atoms with Crippen LogP contribution in [0.5, 0.6) is 0 Å². The Kier molecular flexibility index (Phi) is 5.71. The van der Waals surface area contributed by atoms with Gasteiger partial charge in [-0.3, -0.25) is 0 Å². The summed E-state index contributed by atoms with van der Waals surface area (Å²) in [5, 5.41) is 3.44. The standard InChI is InChI=1S/C15H19ClFN3.HI/c16-12-6-5-9(7-13(12)17)11-8-14(11)20-15(18)19-10-3-1-2-4-10;/h5-7,10-11,14H,1-4,8H2,(H3,18,19,20);1H/t11-,14+;/m0./s1. The Morgan fingerprint density at radius 3 is 2.71 bits per heavy atom. The second kappa shape index (κ2) is 7.13. The van der Waals surface area contributed by atoms with E-state index < -0.39 is 0 Å². The van der Waals surface area contributed by atoms with Crippen molar-refractivity contribution in [3.05, 3.63) is 34.6 Å². The van der Waals surface area contributed by atoms with E-state index in [9.17, 15) is 4.39 Å². The normalized spacial score (nSPS) is 25.5. The van der Waals surface area contributed by atoms with Gasteiger partial charge in [-0.15, -0.1) is 24.0 Å². The molecule has 3 nitrogen and oxygen atoms in total. The lowest BCUT2D eigenvalue weighted by molar-refractivity contribution is 0.624. The highest BCUT2D eigenvalue weighted by Gasteiger charge is 2.39. The van der Waals surface area contributed by atoms with Crippen LogP contribution in [0.2, 0.25) is 5.02 Å². The first-order chi connectivity index (χ1) is 9.63. The van der Waals surface area contributed by atoms with Crippen LogP contribution in [0.1, 0.15) is 43.6 Å². The average molecular weight is 424 g/mol. The van der Waals surface area contributed by atoms with Crippen molar-refractivity contribution in [3.8, 4) is 0 Å². The Morgan fingerprint density at radius 1 is 1.33 bits per heavy atom. The molecule has 116 valence electrons. The summed E-state index contributed by atoms with van der Waals surface area (Å²) in [6.07, 6.45) is 5.80. The molecule has 1 aromatic rings. The van der Waals surface area contributed by atoms with Crippen LogP contribution in [-0.2, 0) is 0 Å². The van der Waals surface area contributed by atoms with Crippen LogP contribution in [0.15, 0.2) is 23.2 Å². The zero-order valence-corrected chi connectivity index (χ0v) is 14.8. The highest BCUT2D eigenvalue weighted by atomic mass is 127. The zero-order valence-electron chi connectivity index (χ0n) is 11.7. The number of aliphatic imine (C=N–C) groups is 1. The van der Waals surface area contributed by atoms with Gasteiger partial charge in [-0.2, -0.15) is 0 Å². The molecule has 0 aromatic heterocycles. The number of nitrogens with zero attached hydrogens (tertiary/aromatic N) is 1. The van der Waals surface area contributed by atoms with Gasteiger partial charge in [-0.05, 0) is 37.0 Å². The molecule has 0 spiro atoms. The van der Waals surface area contributed by atoms with Gasteiger partial charge in [-0.25, -0.2) is 9.38 Å². The maximum absolute atomic E-state index is 13.4. The number of nitrogens with two attached hydrogens (primary N) is 1. The Bertz CT molecular complexity index is 532. The number of halogens is 3. The topological polar surface area (TPSA) is 50.4 Å². The molecule has 0 heterocycles. The van der Waals surface area contributed by atoms with E-state index in [-0.39, 0.29) is 46.8 Å². The lowest BCUT2D eigenvalue weighted by atomic mass is 10.1. The van der Waals surface area contributed by atoms with Gasteiger partial charge in [0.05, 0.1) is 11.1 Å². The van der Waals surface area contributed by atoms with Gasteiger partial charge < -0.3 is 11.1 Å². The van der Waals surface area contributed by atoms with Gasteiger partial charge in [0.25, 0.3) is 0 Å². The summed E-state index contributed by atoms with van der Waals surface area (Å²) in [5.41, 5.74) is 6.89. The SMILES string of the molecule is I.NC(=N[C@@H]1C[C@H]1c1ccc(Cl)c(F)c1)NC1CCCC1. The van der Waals surface area contributed by atoms with E-state index in [0.717, 1.165) is 12.0 Å². The first-order valence-corrected chi connectivity index (χ1v) is 7.56. The van der Waals surface area contributed by atoms with Crippen molar-refractivity contribution in [2.75, 3.05) is 0 Å². The second-order valence-corrected chi connectivity index (χ2v) is 6.13. The molecule has 0 radical (unpaired) electrons. The molecule has 0 amide bonds. The third-order valence-corrected chi connectivity index (χ3v) is 4.45. The summed E-state index contributed by atoms with van der Waals surface area (Å²) in [4.78, 5) is 4.49. The zero-order chi connectivity index (χ0) is 14.1. The van der Waals surface area contributed by atoms with E-state index in [1.807, 2.05) is 6.07 Å². The third kappa shape index (κ3) is 4.22. The van der Waals surface area contributed by atoms with E-state index in [0.29, 0.717) is 12.0 Å². The van der Waals surface area contributed by atoms with Crippen molar-refractivity contribution < 1.29 is 4.39 Å². The molecular weight excluding hydrogens is 404 g/mol. The molecule has 2 fully saturated rings. The summed E-state index contributed by atoms with van der Waals surface area (Å²) in [6, 6.07) is 5.62. The Hall–Kier alpha value is -0.560. The number of guanidine groups is 1. The molecule has 3 rings (SSSR count). The fourth-order valence-electron chi connectivity index (χ4n) is 2.92. The lowest BCUT2D eigenvalue weighted by Crippen LogP contribution is -2.38. The maximum Gasteiger partial charge on any atom is 0.189 e. The van der Waals surface area contributed by atoms with E-state index in [2.05, 4.69) is 10.3 Å². The molecule has 0 unspecified atom stereocenters. The quantitative estimate of drug-likeness (QED) is 0.441. The lowest BCUT2D eigenvalue weighted by Gasteiger charge is -2.12. The van der Waals surface area contributed by atoms with Crippen LogP contribution in [0.3, 0.4) is 0 Å². The maximum atomic E-state index is 13.4. The van der Waals surface area contributed by atoms with E-state index in [1.165, 1.54) is 31.7 Å². The second-order valence-electron chi connectivity index (χ2n) is 5.72. The molecule has 2 aliphatic rings. The van der Waals surface area contributed by atoms with Crippen LogP contribution in [0, 0.1) is 5.82 Å². The smallest absolute Gasteiger partial charge is 0.189 e. The molecule has 6 heteroatoms. The minimum Gasteiger partial charge on any atom is -0.370 e. The molecule has 2 aliphatic carbocycles. The van der Waals surface area contributed by atoms with E-state index in [1.54, 1.807) is 6.07 Å². The molecule has 0 bridgehead atoms. The van der Waals surface area contributed by atoms with Gasteiger partial charge in [0.1, 0.15) is 5.82 Å². The molecular formula is C15H20ClFIN3. The van der Waals surface area contributed by atoms with Crippen LogP contribution >= 0.6 is 35.6 Å². The van der Waals surface area contributed by atoms with Crippen LogP contribution in [-0.4, -0.2) is 18.0 Å². The Balaban J connectivity index is 0.00000161.